The molecular formula is C10H12FN5. The summed E-state index contributed by atoms with van der Waals surface area (Å²) in [6, 6.07) is 1.82. The molecular weight excluding hydrogens is 209 g/mol. The third-order valence-electron chi connectivity index (χ3n) is 2.16. The normalized spacial score (nSPS) is 11.0. The number of aromatic nitrogens is 4. The van der Waals surface area contributed by atoms with Crippen LogP contribution in [0.15, 0.2) is 18.5 Å². The summed E-state index contributed by atoms with van der Waals surface area (Å²) in [4.78, 5) is 7.37. The molecule has 2 rings (SSSR count). The molecule has 0 radical (unpaired) electrons. The van der Waals surface area contributed by atoms with E-state index in [0.29, 0.717) is 0 Å². The second kappa shape index (κ2) is 3.88. The number of nitrogen functional groups attached to an aromatic ring is 1. The van der Waals surface area contributed by atoms with Gasteiger partial charge in [0.05, 0.1) is 11.9 Å². The Kier molecular flexibility index (Phi) is 2.55. The highest BCUT2D eigenvalue weighted by atomic mass is 19.1. The Labute approximate surface area is 92.1 Å². The number of hydrogen-bond donors (Lipinski definition) is 1. The van der Waals surface area contributed by atoms with Gasteiger partial charge in [-0.25, -0.2) is 14.1 Å². The van der Waals surface area contributed by atoms with Crippen molar-refractivity contribution >= 4 is 5.95 Å². The fourth-order valence-electron chi connectivity index (χ4n) is 1.30. The lowest BCUT2D eigenvalue weighted by Crippen LogP contribution is -2.06. The molecule has 0 bridgehead atoms. The smallest absolute Gasteiger partial charge is 0.222 e. The fraction of sp³-hybridized carbons (Fsp3) is 0.300. The van der Waals surface area contributed by atoms with Crippen LogP contribution >= 0.6 is 0 Å². The number of nitrogens with zero attached hydrogens (tertiary/aromatic N) is 4. The standard InChI is InChI=1S/C10H12FN5/c1-6(2)8-3-4-16(15-8)9-7(11)5-13-10(12)14-9/h3-6H,1-2H3,(H2,12,13,14). The van der Waals surface area contributed by atoms with Crippen molar-refractivity contribution in [2.24, 2.45) is 0 Å². The molecule has 0 aliphatic carbocycles. The third kappa shape index (κ3) is 1.86. The van der Waals surface area contributed by atoms with Crippen LogP contribution in [0.4, 0.5) is 10.3 Å². The molecule has 0 atom stereocenters. The summed E-state index contributed by atoms with van der Waals surface area (Å²) >= 11 is 0. The van der Waals surface area contributed by atoms with Crippen LogP contribution in [0.5, 0.6) is 0 Å². The first-order valence-electron chi connectivity index (χ1n) is 4.92. The first-order chi connectivity index (χ1) is 7.58. The first kappa shape index (κ1) is 10.5. The average Bonchev–Trinajstić information content (AvgIpc) is 2.70. The molecule has 0 saturated carbocycles. The van der Waals surface area contributed by atoms with E-state index in [1.807, 2.05) is 19.9 Å². The van der Waals surface area contributed by atoms with Gasteiger partial charge in [-0.15, -0.1) is 0 Å². The van der Waals surface area contributed by atoms with Crippen LogP contribution in [-0.2, 0) is 0 Å². The largest absolute Gasteiger partial charge is 0.368 e. The third-order valence-corrected chi connectivity index (χ3v) is 2.16. The van der Waals surface area contributed by atoms with Gasteiger partial charge in [0, 0.05) is 6.20 Å². The summed E-state index contributed by atoms with van der Waals surface area (Å²) < 4.78 is 14.8. The summed E-state index contributed by atoms with van der Waals surface area (Å²) in [5.74, 6) is -0.173. The topological polar surface area (TPSA) is 69.6 Å². The maximum absolute atomic E-state index is 13.4. The highest BCUT2D eigenvalue weighted by Crippen LogP contribution is 2.14. The zero-order valence-corrected chi connectivity index (χ0v) is 9.05. The average molecular weight is 221 g/mol. The summed E-state index contributed by atoms with van der Waals surface area (Å²) in [5, 5.41) is 4.21. The minimum atomic E-state index is -0.549. The van der Waals surface area contributed by atoms with Gasteiger partial charge in [0.15, 0.2) is 11.6 Å². The Morgan fingerprint density at radius 2 is 2.19 bits per heavy atom. The van der Waals surface area contributed by atoms with E-state index < -0.39 is 5.82 Å². The van der Waals surface area contributed by atoms with Crippen molar-refractivity contribution in [3.63, 3.8) is 0 Å². The van der Waals surface area contributed by atoms with Crippen LogP contribution in [0, 0.1) is 5.82 Å². The van der Waals surface area contributed by atoms with E-state index in [1.54, 1.807) is 6.20 Å². The molecule has 6 heteroatoms. The highest BCUT2D eigenvalue weighted by molar-refractivity contribution is 5.29. The Bertz CT molecular complexity index is 506. The predicted molar refractivity (Wildman–Crippen MR) is 57.6 cm³/mol. The minimum Gasteiger partial charge on any atom is -0.368 e. The monoisotopic (exact) mass is 221 g/mol. The number of hydrogen-bond acceptors (Lipinski definition) is 4. The fourth-order valence-corrected chi connectivity index (χ4v) is 1.30. The van der Waals surface area contributed by atoms with Crippen LogP contribution in [0.2, 0.25) is 0 Å². The van der Waals surface area contributed by atoms with E-state index in [-0.39, 0.29) is 17.7 Å². The van der Waals surface area contributed by atoms with Crippen LogP contribution in [0.25, 0.3) is 5.82 Å². The summed E-state index contributed by atoms with van der Waals surface area (Å²) in [5.41, 5.74) is 6.27. The Morgan fingerprint density at radius 1 is 1.44 bits per heavy atom. The number of anilines is 1. The minimum absolute atomic E-state index is 0.0259. The Morgan fingerprint density at radius 3 is 2.81 bits per heavy atom. The van der Waals surface area contributed by atoms with Gasteiger partial charge in [-0.3, -0.25) is 0 Å². The molecule has 5 nitrogen and oxygen atoms in total. The van der Waals surface area contributed by atoms with Crippen molar-refractivity contribution in [3.8, 4) is 5.82 Å². The molecule has 2 aromatic heterocycles. The SMILES string of the molecule is CC(C)c1ccn(-c2nc(N)ncc2F)n1. The molecule has 0 unspecified atom stereocenters. The van der Waals surface area contributed by atoms with E-state index in [2.05, 4.69) is 15.1 Å². The summed E-state index contributed by atoms with van der Waals surface area (Å²) in [6.07, 6.45) is 2.69. The quantitative estimate of drug-likeness (QED) is 0.834. The molecule has 16 heavy (non-hydrogen) atoms. The van der Waals surface area contributed by atoms with Gasteiger partial charge >= 0.3 is 0 Å². The summed E-state index contributed by atoms with van der Waals surface area (Å²) in [6.45, 7) is 4.02. The number of halogens is 1. The highest BCUT2D eigenvalue weighted by Gasteiger charge is 2.10. The predicted octanol–water partition coefficient (Wildman–Crippen LogP) is 1.51. The second-order valence-electron chi connectivity index (χ2n) is 3.74. The van der Waals surface area contributed by atoms with Gasteiger partial charge in [0.2, 0.25) is 5.95 Å². The van der Waals surface area contributed by atoms with Gasteiger partial charge in [0.25, 0.3) is 0 Å². The van der Waals surface area contributed by atoms with E-state index in [1.165, 1.54) is 4.68 Å². The number of rotatable bonds is 2. The van der Waals surface area contributed by atoms with Crippen LogP contribution < -0.4 is 5.73 Å². The van der Waals surface area contributed by atoms with Crippen molar-refractivity contribution in [2.75, 3.05) is 5.73 Å². The maximum Gasteiger partial charge on any atom is 0.222 e. The lowest BCUT2D eigenvalue weighted by atomic mass is 10.1. The number of nitrogens with two attached hydrogens (primary N) is 1. The molecule has 2 N–H and O–H groups in total. The molecule has 0 saturated heterocycles. The van der Waals surface area contributed by atoms with E-state index >= 15 is 0 Å². The molecule has 0 fully saturated rings. The zero-order chi connectivity index (χ0) is 11.7. The lowest BCUT2D eigenvalue weighted by molar-refractivity contribution is 0.591. The van der Waals surface area contributed by atoms with Gasteiger partial charge < -0.3 is 5.73 Å². The van der Waals surface area contributed by atoms with Gasteiger partial charge in [-0.2, -0.15) is 10.1 Å². The molecule has 2 heterocycles. The molecule has 0 amide bonds. The van der Waals surface area contributed by atoms with Crippen molar-refractivity contribution in [2.45, 2.75) is 19.8 Å². The van der Waals surface area contributed by atoms with Crippen molar-refractivity contribution < 1.29 is 4.39 Å². The van der Waals surface area contributed by atoms with Crippen LogP contribution in [0.3, 0.4) is 0 Å². The molecule has 2 aromatic rings. The van der Waals surface area contributed by atoms with Crippen molar-refractivity contribution in [3.05, 3.63) is 30.0 Å². The molecule has 0 spiro atoms. The van der Waals surface area contributed by atoms with Gasteiger partial charge in [0.1, 0.15) is 0 Å². The Hall–Kier alpha value is -1.98. The molecule has 0 aromatic carbocycles. The van der Waals surface area contributed by atoms with E-state index in [9.17, 15) is 4.39 Å². The first-order valence-corrected chi connectivity index (χ1v) is 4.92. The van der Waals surface area contributed by atoms with E-state index in [0.717, 1.165) is 11.9 Å². The molecule has 0 aliphatic rings. The molecule has 84 valence electrons. The maximum atomic E-state index is 13.4. The van der Waals surface area contributed by atoms with Gasteiger partial charge in [-0.05, 0) is 12.0 Å². The Balaban J connectivity index is 2.46. The van der Waals surface area contributed by atoms with E-state index in [4.69, 9.17) is 5.73 Å². The zero-order valence-electron chi connectivity index (χ0n) is 9.05. The van der Waals surface area contributed by atoms with Crippen LogP contribution in [0.1, 0.15) is 25.5 Å². The summed E-state index contributed by atoms with van der Waals surface area (Å²) in [7, 11) is 0. The van der Waals surface area contributed by atoms with Crippen LogP contribution in [-0.4, -0.2) is 19.7 Å². The lowest BCUT2D eigenvalue weighted by Gasteiger charge is -2.03. The molecule has 0 aliphatic heterocycles. The van der Waals surface area contributed by atoms with Crippen molar-refractivity contribution in [1.82, 2.24) is 19.7 Å². The van der Waals surface area contributed by atoms with Crippen molar-refractivity contribution in [1.29, 1.82) is 0 Å². The second-order valence-corrected chi connectivity index (χ2v) is 3.74. The van der Waals surface area contributed by atoms with Gasteiger partial charge in [-0.1, -0.05) is 13.8 Å².